The van der Waals surface area contributed by atoms with E-state index in [1.54, 1.807) is 13.3 Å². The minimum Gasteiger partial charge on any atom is -0.370 e. The highest BCUT2D eigenvalue weighted by molar-refractivity contribution is 5.58. The van der Waals surface area contributed by atoms with Crippen molar-refractivity contribution in [3.05, 3.63) is 41.9 Å². The molecule has 0 bridgehead atoms. The van der Waals surface area contributed by atoms with E-state index >= 15 is 0 Å². The Hall–Kier alpha value is -3.11. The van der Waals surface area contributed by atoms with Crippen LogP contribution >= 0.6 is 0 Å². The molecule has 1 aliphatic rings. The molecule has 3 aromatic rings. The largest absolute Gasteiger partial charge is 0.421 e. The molecule has 2 N–H and O–H groups in total. The Labute approximate surface area is 158 Å². The van der Waals surface area contributed by atoms with Crippen LogP contribution in [0.2, 0.25) is 0 Å². The molecule has 0 unspecified atom stereocenters. The van der Waals surface area contributed by atoms with Gasteiger partial charge in [0.2, 0.25) is 5.95 Å². The Morgan fingerprint density at radius 3 is 2.86 bits per heavy atom. The number of nitrogens with zero attached hydrogens (tertiary/aromatic N) is 6. The maximum atomic E-state index is 13.1. The van der Waals surface area contributed by atoms with Gasteiger partial charge in [0.05, 0.1) is 35.6 Å². The fraction of sp³-hybridized carbons (Fsp3) is 0.412. The van der Waals surface area contributed by atoms with Gasteiger partial charge in [0.1, 0.15) is 11.4 Å². The van der Waals surface area contributed by atoms with Crippen molar-refractivity contribution >= 4 is 17.5 Å². The molecule has 0 aliphatic carbocycles. The van der Waals surface area contributed by atoms with Crippen molar-refractivity contribution in [2.75, 3.05) is 17.2 Å². The normalized spacial score (nSPS) is 16.2. The Bertz CT molecular complexity index is 991. The number of imidazole rings is 1. The van der Waals surface area contributed by atoms with Crippen molar-refractivity contribution in [2.45, 2.75) is 39.0 Å². The van der Waals surface area contributed by atoms with Crippen LogP contribution in [0.3, 0.4) is 0 Å². The van der Waals surface area contributed by atoms with E-state index in [2.05, 4.69) is 35.3 Å². The summed E-state index contributed by atoms with van der Waals surface area (Å²) in [5.41, 5.74) is 1.52. The van der Waals surface area contributed by atoms with Crippen LogP contribution in [-0.2, 0) is 12.7 Å². The standard InChI is InChI=1S/C17H19F3N8/c1-3-22-15-11(17(18,19)20)6-23-16(25-15)24-12-8-28(26-10(12)2)13-4-5-27-9-21-7-14(13)27/h6-9,13H,3-5H2,1-2H3,(H2,22,23,24,25)/t13-/m0/s1. The number of anilines is 3. The fourth-order valence-corrected chi connectivity index (χ4v) is 3.31. The predicted molar refractivity (Wildman–Crippen MR) is 96.4 cm³/mol. The zero-order valence-corrected chi connectivity index (χ0v) is 15.3. The molecule has 0 amide bonds. The monoisotopic (exact) mass is 392 g/mol. The zero-order valence-electron chi connectivity index (χ0n) is 15.3. The van der Waals surface area contributed by atoms with Crippen LogP contribution in [-0.4, -0.2) is 35.8 Å². The molecule has 0 saturated carbocycles. The third-order valence-corrected chi connectivity index (χ3v) is 4.65. The molecule has 1 aliphatic heterocycles. The maximum absolute atomic E-state index is 13.1. The third kappa shape index (κ3) is 3.27. The minimum atomic E-state index is -4.53. The smallest absolute Gasteiger partial charge is 0.370 e. The lowest BCUT2D eigenvalue weighted by Crippen LogP contribution is -2.14. The topological polar surface area (TPSA) is 85.5 Å². The van der Waals surface area contributed by atoms with Gasteiger partial charge in [-0.2, -0.15) is 23.3 Å². The van der Waals surface area contributed by atoms with Crippen molar-refractivity contribution in [3.63, 3.8) is 0 Å². The summed E-state index contributed by atoms with van der Waals surface area (Å²) in [5.74, 6) is -0.180. The van der Waals surface area contributed by atoms with Gasteiger partial charge in [-0.05, 0) is 20.3 Å². The van der Waals surface area contributed by atoms with Crippen LogP contribution in [0.15, 0.2) is 24.9 Å². The summed E-state index contributed by atoms with van der Waals surface area (Å²) < 4.78 is 43.2. The number of alkyl halides is 3. The van der Waals surface area contributed by atoms with Crippen LogP contribution in [0, 0.1) is 6.92 Å². The predicted octanol–water partition coefficient (Wildman–Crippen LogP) is 3.37. The first-order valence-electron chi connectivity index (χ1n) is 8.87. The molecule has 28 heavy (non-hydrogen) atoms. The first-order valence-corrected chi connectivity index (χ1v) is 8.87. The van der Waals surface area contributed by atoms with Gasteiger partial charge >= 0.3 is 6.18 Å². The lowest BCUT2D eigenvalue weighted by Gasteiger charge is -2.13. The summed E-state index contributed by atoms with van der Waals surface area (Å²) in [7, 11) is 0. The summed E-state index contributed by atoms with van der Waals surface area (Å²) in [4.78, 5) is 12.0. The summed E-state index contributed by atoms with van der Waals surface area (Å²) in [6, 6.07) is 0.0718. The van der Waals surface area contributed by atoms with Crippen molar-refractivity contribution in [1.82, 2.24) is 29.3 Å². The van der Waals surface area contributed by atoms with Crippen LogP contribution in [0.25, 0.3) is 0 Å². The van der Waals surface area contributed by atoms with Crippen LogP contribution in [0.5, 0.6) is 0 Å². The van der Waals surface area contributed by atoms with Gasteiger partial charge in [0.25, 0.3) is 0 Å². The average molecular weight is 392 g/mol. The van der Waals surface area contributed by atoms with Crippen molar-refractivity contribution in [2.24, 2.45) is 0 Å². The molecule has 148 valence electrons. The highest BCUT2D eigenvalue weighted by Crippen LogP contribution is 2.34. The van der Waals surface area contributed by atoms with E-state index in [9.17, 15) is 13.2 Å². The SMILES string of the molecule is CCNc1nc(Nc2cn([C@H]3CCn4cncc43)nc2C)ncc1C(F)(F)F. The summed E-state index contributed by atoms with van der Waals surface area (Å²) >= 11 is 0. The highest BCUT2D eigenvalue weighted by Gasteiger charge is 2.35. The Balaban J connectivity index is 1.60. The van der Waals surface area contributed by atoms with Gasteiger partial charge in [-0.3, -0.25) is 4.68 Å². The van der Waals surface area contributed by atoms with Gasteiger partial charge in [-0.1, -0.05) is 0 Å². The maximum Gasteiger partial charge on any atom is 0.421 e. The molecule has 4 heterocycles. The Morgan fingerprint density at radius 1 is 1.29 bits per heavy atom. The van der Waals surface area contributed by atoms with Gasteiger partial charge < -0.3 is 15.2 Å². The second kappa shape index (κ2) is 6.80. The molecule has 8 nitrogen and oxygen atoms in total. The zero-order chi connectivity index (χ0) is 19.9. The van der Waals surface area contributed by atoms with Crippen molar-refractivity contribution in [3.8, 4) is 0 Å². The van der Waals surface area contributed by atoms with E-state index in [1.807, 2.05) is 24.0 Å². The molecular formula is C17H19F3N8. The molecular weight excluding hydrogens is 373 g/mol. The average Bonchev–Trinajstić information content (AvgIpc) is 3.31. The Morgan fingerprint density at radius 2 is 2.11 bits per heavy atom. The van der Waals surface area contributed by atoms with Gasteiger partial charge in [0.15, 0.2) is 0 Å². The quantitative estimate of drug-likeness (QED) is 0.693. The number of aryl methyl sites for hydroxylation is 2. The molecule has 4 rings (SSSR count). The van der Waals surface area contributed by atoms with Crippen LogP contribution < -0.4 is 10.6 Å². The number of aromatic nitrogens is 6. The molecule has 0 fully saturated rings. The molecule has 0 saturated heterocycles. The third-order valence-electron chi connectivity index (χ3n) is 4.65. The summed E-state index contributed by atoms with van der Waals surface area (Å²) in [6.45, 7) is 4.71. The van der Waals surface area contributed by atoms with Crippen molar-refractivity contribution in [1.29, 1.82) is 0 Å². The van der Waals surface area contributed by atoms with E-state index in [1.165, 1.54) is 0 Å². The molecule has 0 aromatic carbocycles. The first kappa shape index (κ1) is 18.3. The van der Waals surface area contributed by atoms with E-state index in [4.69, 9.17) is 0 Å². The first-order chi connectivity index (χ1) is 13.4. The molecule has 3 aromatic heterocycles. The van der Waals surface area contributed by atoms with Crippen LogP contribution in [0.1, 0.15) is 36.3 Å². The van der Waals surface area contributed by atoms with Gasteiger partial charge in [-0.25, -0.2) is 9.97 Å². The van der Waals surface area contributed by atoms with E-state index < -0.39 is 11.7 Å². The highest BCUT2D eigenvalue weighted by atomic mass is 19.4. The summed E-state index contributed by atoms with van der Waals surface area (Å²) in [6.07, 6.45) is 2.59. The fourth-order valence-electron chi connectivity index (χ4n) is 3.31. The van der Waals surface area contributed by atoms with Crippen LogP contribution in [0.4, 0.5) is 30.6 Å². The number of nitrogens with one attached hydrogen (secondary N) is 2. The van der Waals surface area contributed by atoms with E-state index in [0.717, 1.165) is 24.9 Å². The van der Waals surface area contributed by atoms with Gasteiger partial charge in [0, 0.05) is 25.5 Å². The second-order valence-electron chi connectivity index (χ2n) is 6.53. The number of rotatable bonds is 5. The Kier molecular flexibility index (Phi) is 4.44. The minimum absolute atomic E-state index is 0.0718. The number of halogens is 3. The lowest BCUT2D eigenvalue weighted by atomic mass is 10.2. The van der Waals surface area contributed by atoms with E-state index in [-0.39, 0.29) is 17.8 Å². The molecule has 0 spiro atoms. The number of hydrogen-bond acceptors (Lipinski definition) is 6. The number of hydrogen-bond donors (Lipinski definition) is 2. The lowest BCUT2D eigenvalue weighted by molar-refractivity contribution is -0.137. The number of fused-ring (bicyclic) bond motifs is 1. The molecule has 11 heteroatoms. The van der Waals surface area contributed by atoms with Gasteiger partial charge in [-0.15, -0.1) is 0 Å². The van der Waals surface area contributed by atoms with E-state index in [0.29, 0.717) is 17.9 Å². The van der Waals surface area contributed by atoms with Crippen molar-refractivity contribution < 1.29 is 13.2 Å². The summed E-state index contributed by atoms with van der Waals surface area (Å²) in [5, 5.41) is 10.2. The second-order valence-corrected chi connectivity index (χ2v) is 6.53. The molecule has 0 radical (unpaired) electrons. The molecule has 1 atom stereocenters.